The molecule has 6 rings (SSSR count). The van der Waals surface area contributed by atoms with E-state index in [4.69, 9.17) is 4.74 Å². The molecule has 28 heavy (non-hydrogen) atoms. The van der Waals surface area contributed by atoms with Gasteiger partial charge < -0.3 is 20.3 Å². The van der Waals surface area contributed by atoms with E-state index in [1.165, 1.54) is 43.1 Å². The molecule has 4 bridgehead atoms. The molecule has 0 spiro atoms. The monoisotopic (exact) mass is 389 g/mol. The molecule has 5 aliphatic rings. The second-order valence-corrected chi connectivity index (χ2v) is 9.85. The summed E-state index contributed by atoms with van der Waals surface area (Å²) in [5.74, 6) is 3.37. The van der Waals surface area contributed by atoms with Gasteiger partial charge in [0.05, 0.1) is 12.7 Å². The van der Waals surface area contributed by atoms with Crippen LogP contribution in [0.5, 0.6) is 0 Å². The van der Waals surface area contributed by atoms with Gasteiger partial charge in [-0.25, -0.2) is 4.79 Å². The van der Waals surface area contributed by atoms with Crippen molar-refractivity contribution in [1.82, 2.24) is 9.55 Å². The topological polar surface area (TPSA) is 96.6 Å². The molecule has 1 aliphatic heterocycles. The van der Waals surface area contributed by atoms with Gasteiger partial charge >= 0.3 is 5.69 Å². The molecule has 2 heterocycles. The third-order valence-electron chi connectivity index (χ3n) is 7.62. The van der Waals surface area contributed by atoms with Gasteiger partial charge in [0.2, 0.25) is 0 Å². The first-order chi connectivity index (χ1) is 13.4. The molecule has 3 N–H and O–H groups in total. The van der Waals surface area contributed by atoms with Gasteiger partial charge in [0.1, 0.15) is 18.1 Å². The van der Waals surface area contributed by atoms with Crippen LogP contribution >= 0.6 is 0 Å². The molecule has 4 aliphatic carbocycles. The van der Waals surface area contributed by atoms with E-state index in [0.29, 0.717) is 11.2 Å². The molecule has 5 fully saturated rings. The molecular weight excluding hydrogens is 358 g/mol. The summed E-state index contributed by atoms with van der Waals surface area (Å²) in [6.07, 6.45) is 8.28. The summed E-state index contributed by atoms with van der Waals surface area (Å²) in [7, 11) is 0. The van der Waals surface area contributed by atoms with Crippen LogP contribution in [0.15, 0.2) is 11.0 Å². The number of aliphatic hydroxyl groups excluding tert-OH is 2. The number of aryl methyl sites for hydroxylation is 1. The maximum Gasteiger partial charge on any atom is 0.351 e. The number of nitrogens with zero attached hydrogens (tertiary/aromatic N) is 2. The Balaban J connectivity index is 1.30. The maximum atomic E-state index is 12.6. The highest BCUT2D eigenvalue weighted by atomic mass is 16.5. The van der Waals surface area contributed by atoms with Crippen molar-refractivity contribution >= 4 is 5.82 Å². The van der Waals surface area contributed by atoms with Gasteiger partial charge in [-0.05, 0) is 68.6 Å². The van der Waals surface area contributed by atoms with Crippen LogP contribution in [0.1, 0.15) is 56.7 Å². The molecule has 7 heteroatoms. The van der Waals surface area contributed by atoms with Crippen molar-refractivity contribution in [1.29, 1.82) is 0 Å². The second-order valence-electron chi connectivity index (χ2n) is 9.85. The van der Waals surface area contributed by atoms with E-state index in [9.17, 15) is 15.0 Å². The largest absolute Gasteiger partial charge is 0.394 e. The second kappa shape index (κ2) is 6.82. The summed E-state index contributed by atoms with van der Waals surface area (Å²) in [5.41, 5.74) is 0.898. The molecule has 0 unspecified atom stereocenters. The normalized spacial score (nSPS) is 41.5. The summed E-state index contributed by atoms with van der Waals surface area (Å²) in [4.78, 5) is 16.9. The molecule has 0 radical (unpaired) electrons. The highest BCUT2D eigenvalue weighted by Crippen LogP contribution is 2.59. The Bertz CT molecular complexity index is 772. The zero-order chi connectivity index (χ0) is 19.5. The summed E-state index contributed by atoms with van der Waals surface area (Å²) in [6.45, 7) is 2.59. The molecule has 4 saturated carbocycles. The Morgan fingerprint density at radius 2 is 1.86 bits per heavy atom. The van der Waals surface area contributed by atoms with Gasteiger partial charge in [-0.15, -0.1) is 0 Å². The summed E-state index contributed by atoms with van der Waals surface area (Å²) in [5, 5.41) is 22.7. The Kier molecular flexibility index (Phi) is 4.52. The maximum absolute atomic E-state index is 12.6. The number of rotatable bonds is 5. The third kappa shape index (κ3) is 3.17. The van der Waals surface area contributed by atoms with Crippen LogP contribution < -0.4 is 11.0 Å². The van der Waals surface area contributed by atoms with E-state index in [0.717, 1.165) is 29.9 Å². The van der Waals surface area contributed by atoms with Gasteiger partial charge in [-0.1, -0.05) is 0 Å². The van der Waals surface area contributed by atoms with Crippen molar-refractivity contribution < 1.29 is 14.9 Å². The minimum Gasteiger partial charge on any atom is -0.394 e. The van der Waals surface area contributed by atoms with Gasteiger partial charge in [0.25, 0.3) is 0 Å². The fourth-order valence-electron chi connectivity index (χ4n) is 6.78. The fraction of sp³-hybridized carbons (Fsp3) is 0.810. The molecule has 154 valence electrons. The first kappa shape index (κ1) is 18.6. The number of hydrogen-bond donors (Lipinski definition) is 3. The predicted molar refractivity (Wildman–Crippen MR) is 104 cm³/mol. The number of ether oxygens (including phenoxy) is 1. The van der Waals surface area contributed by atoms with E-state index in [2.05, 4.69) is 10.3 Å². The molecule has 0 aromatic carbocycles. The Morgan fingerprint density at radius 3 is 2.43 bits per heavy atom. The average Bonchev–Trinajstić information content (AvgIpc) is 3.01. The van der Waals surface area contributed by atoms with E-state index < -0.39 is 18.4 Å². The molecule has 1 aromatic rings. The smallest absolute Gasteiger partial charge is 0.351 e. The minimum absolute atomic E-state index is 0.260. The lowest BCUT2D eigenvalue weighted by Gasteiger charge is -2.57. The fourth-order valence-corrected chi connectivity index (χ4v) is 6.78. The highest BCUT2D eigenvalue weighted by Gasteiger charge is 2.50. The third-order valence-corrected chi connectivity index (χ3v) is 7.62. The molecule has 1 aromatic heterocycles. The van der Waals surface area contributed by atoms with Gasteiger partial charge in [-0.2, -0.15) is 4.98 Å². The van der Waals surface area contributed by atoms with Crippen molar-refractivity contribution in [2.24, 2.45) is 23.2 Å². The standard InChI is InChI=1S/C21H31N3O4/c1-12-9-24(18-5-16(26)17(10-25)28-18)20(27)23-19(12)22-11-21-6-13-2-14(7-21)4-15(3-13)8-21/h9,13-18,25-26H,2-8,10-11H2,1H3,(H,22,23,27)/t13?,14?,15?,16-,17-,18+,21?/m0/s1. The first-order valence-electron chi connectivity index (χ1n) is 10.7. The predicted octanol–water partition coefficient (Wildman–Crippen LogP) is 1.82. The van der Waals surface area contributed by atoms with Crippen LogP contribution in [0.3, 0.4) is 0 Å². The molecule has 1 saturated heterocycles. The van der Waals surface area contributed by atoms with Crippen molar-refractivity contribution in [2.75, 3.05) is 18.5 Å². The summed E-state index contributed by atoms with van der Waals surface area (Å²) in [6, 6.07) is 0. The minimum atomic E-state index is -0.768. The average molecular weight is 389 g/mol. The van der Waals surface area contributed by atoms with E-state index in [-0.39, 0.29) is 18.7 Å². The van der Waals surface area contributed by atoms with Crippen LogP contribution in [0.4, 0.5) is 5.82 Å². The summed E-state index contributed by atoms with van der Waals surface area (Å²) >= 11 is 0. The van der Waals surface area contributed by atoms with E-state index >= 15 is 0 Å². The van der Waals surface area contributed by atoms with Crippen LogP contribution in [-0.2, 0) is 4.74 Å². The van der Waals surface area contributed by atoms with Gasteiger partial charge in [0.15, 0.2) is 0 Å². The number of anilines is 1. The molecule has 0 amide bonds. The number of aliphatic hydroxyl groups is 2. The van der Waals surface area contributed by atoms with Crippen LogP contribution in [0, 0.1) is 30.1 Å². The summed E-state index contributed by atoms with van der Waals surface area (Å²) < 4.78 is 7.05. The van der Waals surface area contributed by atoms with E-state index in [1.54, 1.807) is 6.20 Å². The van der Waals surface area contributed by atoms with Crippen molar-refractivity contribution in [3.05, 3.63) is 22.2 Å². The van der Waals surface area contributed by atoms with Crippen LogP contribution in [-0.4, -0.2) is 45.1 Å². The zero-order valence-corrected chi connectivity index (χ0v) is 16.5. The van der Waals surface area contributed by atoms with Crippen molar-refractivity contribution in [2.45, 2.75) is 70.3 Å². The van der Waals surface area contributed by atoms with Gasteiger partial charge in [-0.3, -0.25) is 4.57 Å². The van der Waals surface area contributed by atoms with Gasteiger partial charge in [0, 0.05) is 24.7 Å². The molecule has 7 nitrogen and oxygen atoms in total. The Morgan fingerprint density at radius 1 is 1.21 bits per heavy atom. The Hall–Kier alpha value is -1.44. The SMILES string of the molecule is Cc1cn([C@H]2C[C@H](O)[C@H](CO)O2)c(=O)nc1NCC12CC3CC(CC(C3)C1)C2. The Labute approximate surface area is 165 Å². The lowest BCUT2D eigenvalue weighted by atomic mass is 9.49. The van der Waals surface area contributed by atoms with Crippen LogP contribution in [0.25, 0.3) is 0 Å². The number of aromatic nitrogens is 2. The lowest BCUT2D eigenvalue weighted by molar-refractivity contribution is -0.0460. The highest BCUT2D eigenvalue weighted by molar-refractivity contribution is 5.41. The molecule has 3 atom stereocenters. The quantitative estimate of drug-likeness (QED) is 0.711. The lowest BCUT2D eigenvalue weighted by Crippen LogP contribution is -2.49. The van der Waals surface area contributed by atoms with E-state index in [1.807, 2.05) is 6.92 Å². The van der Waals surface area contributed by atoms with Crippen LogP contribution in [0.2, 0.25) is 0 Å². The number of hydrogen-bond acceptors (Lipinski definition) is 6. The zero-order valence-electron chi connectivity index (χ0n) is 16.5. The van der Waals surface area contributed by atoms with Crippen molar-refractivity contribution in [3.8, 4) is 0 Å². The number of nitrogens with one attached hydrogen (secondary N) is 1. The first-order valence-corrected chi connectivity index (χ1v) is 10.7. The molecular formula is C21H31N3O4. The van der Waals surface area contributed by atoms with Crippen molar-refractivity contribution in [3.63, 3.8) is 0 Å².